The van der Waals surface area contributed by atoms with Gasteiger partial charge in [-0.1, -0.05) is 67.8 Å². The van der Waals surface area contributed by atoms with E-state index in [0.29, 0.717) is 0 Å². The molecule has 0 aliphatic rings. The van der Waals surface area contributed by atoms with Gasteiger partial charge in [-0.2, -0.15) is 0 Å². The highest BCUT2D eigenvalue weighted by molar-refractivity contribution is 5.80. The van der Waals surface area contributed by atoms with Gasteiger partial charge in [0.2, 0.25) is 0 Å². The summed E-state index contributed by atoms with van der Waals surface area (Å²) in [6.45, 7) is 9.86. The molecule has 0 heterocycles. The molecule has 76 valence electrons. The summed E-state index contributed by atoms with van der Waals surface area (Å²) >= 11 is 0. The Kier molecular flexibility index (Phi) is 4.36. The van der Waals surface area contributed by atoms with E-state index in [1.165, 1.54) is 0 Å². The molecule has 0 spiro atoms. The van der Waals surface area contributed by atoms with Crippen molar-refractivity contribution >= 4 is 5.57 Å². The van der Waals surface area contributed by atoms with Crippen LogP contribution in [0, 0.1) is 0 Å². The number of benzene rings is 1. The summed E-state index contributed by atoms with van der Waals surface area (Å²) in [6, 6.07) is 10.1. The van der Waals surface area contributed by atoms with Gasteiger partial charge >= 0.3 is 0 Å². The lowest BCUT2D eigenvalue weighted by molar-refractivity contribution is 1.58. The normalized spacial score (nSPS) is 11.7. The van der Waals surface area contributed by atoms with Crippen molar-refractivity contribution in [1.29, 1.82) is 0 Å². The van der Waals surface area contributed by atoms with Crippen LogP contribution >= 0.6 is 0 Å². The van der Waals surface area contributed by atoms with Crippen LogP contribution in [0.15, 0.2) is 73.4 Å². The molecule has 0 saturated heterocycles. The van der Waals surface area contributed by atoms with Gasteiger partial charge in [0.25, 0.3) is 0 Å². The minimum Gasteiger partial charge on any atom is -0.0984 e. The highest BCUT2D eigenvalue weighted by Crippen LogP contribution is 2.21. The van der Waals surface area contributed by atoms with Crippen LogP contribution in [0.25, 0.3) is 5.57 Å². The first-order valence-electron chi connectivity index (χ1n) is 4.99. The molecule has 0 unspecified atom stereocenters. The topological polar surface area (TPSA) is 0 Å². The Bertz CT molecular complexity index is 391. The van der Waals surface area contributed by atoms with Crippen LogP contribution < -0.4 is 0 Å². The molecular formula is C15H16. The summed E-state index contributed by atoms with van der Waals surface area (Å²) in [5.41, 5.74) is 3.19. The largest absolute Gasteiger partial charge is 0.0984 e. The molecule has 0 bridgehead atoms. The SMILES string of the molecule is C=C/C(=C\C=C/C)C(=C)c1ccccc1. The summed E-state index contributed by atoms with van der Waals surface area (Å²) < 4.78 is 0. The first-order chi connectivity index (χ1) is 7.29. The Morgan fingerprint density at radius 2 is 1.87 bits per heavy atom. The quantitative estimate of drug-likeness (QED) is 0.626. The summed E-state index contributed by atoms with van der Waals surface area (Å²) in [4.78, 5) is 0. The third kappa shape index (κ3) is 3.10. The first-order valence-corrected chi connectivity index (χ1v) is 4.99. The van der Waals surface area contributed by atoms with Gasteiger partial charge in [0.1, 0.15) is 0 Å². The molecule has 0 heteroatoms. The molecule has 0 radical (unpaired) electrons. The molecule has 0 saturated carbocycles. The summed E-state index contributed by atoms with van der Waals surface area (Å²) in [5.74, 6) is 0. The van der Waals surface area contributed by atoms with Crippen LogP contribution in [-0.4, -0.2) is 0 Å². The fourth-order valence-corrected chi connectivity index (χ4v) is 1.30. The second kappa shape index (κ2) is 5.82. The standard InChI is InChI=1S/C15H16/c1-4-6-10-14(5-2)13(3)15-11-8-7-9-12-15/h4-12H,2-3H2,1H3/b6-4-,14-10+. The fourth-order valence-electron chi connectivity index (χ4n) is 1.30. The van der Waals surface area contributed by atoms with E-state index in [9.17, 15) is 0 Å². The van der Waals surface area contributed by atoms with Crippen LogP contribution in [0.5, 0.6) is 0 Å². The molecule has 0 aromatic heterocycles. The molecule has 1 rings (SSSR count). The minimum atomic E-state index is 1.00. The van der Waals surface area contributed by atoms with Crippen molar-refractivity contribution in [2.75, 3.05) is 0 Å². The van der Waals surface area contributed by atoms with Crippen molar-refractivity contribution < 1.29 is 0 Å². The van der Waals surface area contributed by atoms with E-state index in [0.717, 1.165) is 16.7 Å². The van der Waals surface area contributed by atoms with Crippen molar-refractivity contribution in [3.63, 3.8) is 0 Å². The van der Waals surface area contributed by atoms with E-state index in [4.69, 9.17) is 0 Å². The molecule has 0 nitrogen and oxygen atoms in total. The van der Waals surface area contributed by atoms with Crippen LogP contribution in [0.3, 0.4) is 0 Å². The predicted molar refractivity (Wildman–Crippen MR) is 68.6 cm³/mol. The second-order valence-corrected chi connectivity index (χ2v) is 3.20. The van der Waals surface area contributed by atoms with Gasteiger partial charge < -0.3 is 0 Å². The van der Waals surface area contributed by atoms with Crippen LogP contribution in [0.4, 0.5) is 0 Å². The Labute approximate surface area is 92.0 Å². The molecule has 0 atom stereocenters. The van der Waals surface area contributed by atoms with E-state index in [2.05, 4.69) is 25.3 Å². The van der Waals surface area contributed by atoms with E-state index < -0.39 is 0 Å². The maximum Gasteiger partial charge on any atom is -0.0184 e. The maximum atomic E-state index is 4.08. The monoisotopic (exact) mass is 196 g/mol. The van der Waals surface area contributed by atoms with Crippen LogP contribution in [-0.2, 0) is 0 Å². The number of hydrogen-bond acceptors (Lipinski definition) is 0. The number of allylic oxidation sites excluding steroid dienone is 6. The second-order valence-electron chi connectivity index (χ2n) is 3.20. The predicted octanol–water partition coefficient (Wildman–Crippen LogP) is 4.39. The lowest BCUT2D eigenvalue weighted by Gasteiger charge is -2.05. The van der Waals surface area contributed by atoms with Crippen molar-refractivity contribution in [2.24, 2.45) is 0 Å². The highest BCUT2D eigenvalue weighted by atomic mass is 14.0. The van der Waals surface area contributed by atoms with Gasteiger partial charge in [0, 0.05) is 0 Å². The number of hydrogen-bond donors (Lipinski definition) is 0. The molecule has 0 fully saturated rings. The lowest BCUT2D eigenvalue weighted by Crippen LogP contribution is -1.84. The minimum absolute atomic E-state index is 1.00. The molecule has 15 heavy (non-hydrogen) atoms. The van der Waals surface area contributed by atoms with Crippen molar-refractivity contribution in [3.05, 3.63) is 78.9 Å². The van der Waals surface area contributed by atoms with E-state index in [1.807, 2.05) is 49.4 Å². The molecule has 1 aromatic carbocycles. The van der Waals surface area contributed by atoms with Crippen molar-refractivity contribution in [1.82, 2.24) is 0 Å². The van der Waals surface area contributed by atoms with Gasteiger partial charge in [-0.15, -0.1) is 0 Å². The van der Waals surface area contributed by atoms with Gasteiger partial charge in [-0.25, -0.2) is 0 Å². The Morgan fingerprint density at radius 1 is 1.20 bits per heavy atom. The highest BCUT2D eigenvalue weighted by Gasteiger charge is 1.99. The van der Waals surface area contributed by atoms with E-state index in [-0.39, 0.29) is 0 Å². The molecule has 0 aliphatic carbocycles. The van der Waals surface area contributed by atoms with Crippen molar-refractivity contribution in [3.8, 4) is 0 Å². The Morgan fingerprint density at radius 3 is 2.40 bits per heavy atom. The Balaban J connectivity index is 2.97. The summed E-state index contributed by atoms with van der Waals surface area (Å²) in [7, 11) is 0. The van der Waals surface area contributed by atoms with E-state index >= 15 is 0 Å². The summed E-state index contributed by atoms with van der Waals surface area (Å²) in [6.07, 6.45) is 7.82. The lowest BCUT2D eigenvalue weighted by atomic mass is 9.99. The molecular weight excluding hydrogens is 180 g/mol. The maximum absolute atomic E-state index is 4.08. The molecule has 1 aromatic rings. The zero-order valence-electron chi connectivity index (χ0n) is 9.11. The van der Waals surface area contributed by atoms with Crippen LogP contribution in [0.2, 0.25) is 0 Å². The first kappa shape index (κ1) is 11.3. The Hall–Kier alpha value is -1.82. The molecule has 0 amide bonds. The third-order valence-corrected chi connectivity index (χ3v) is 2.16. The molecule has 0 N–H and O–H groups in total. The smallest absolute Gasteiger partial charge is 0.0184 e. The fraction of sp³-hybridized carbons (Fsp3) is 0.0667. The summed E-state index contributed by atoms with van der Waals surface area (Å²) in [5, 5.41) is 0. The zero-order valence-corrected chi connectivity index (χ0v) is 9.11. The van der Waals surface area contributed by atoms with Gasteiger partial charge in [-0.05, 0) is 23.6 Å². The average Bonchev–Trinajstić information content (AvgIpc) is 2.31. The van der Waals surface area contributed by atoms with Crippen LogP contribution in [0.1, 0.15) is 12.5 Å². The van der Waals surface area contributed by atoms with Gasteiger partial charge in [0.15, 0.2) is 0 Å². The third-order valence-electron chi connectivity index (χ3n) is 2.16. The van der Waals surface area contributed by atoms with Crippen molar-refractivity contribution in [2.45, 2.75) is 6.92 Å². The molecule has 0 aliphatic heterocycles. The van der Waals surface area contributed by atoms with Gasteiger partial charge in [-0.3, -0.25) is 0 Å². The number of rotatable bonds is 4. The van der Waals surface area contributed by atoms with E-state index in [1.54, 1.807) is 0 Å². The average molecular weight is 196 g/mol. The zero-order chi connectivity index (χ0) is 11.1. The van der Waals surface area contributed by atoms with Gasteiger partial charge in [0.05, 0.1) is 0 Å².